The molecule has 0 spiro atoms. The van der Waals surface area contributed by atoms with E-state index < -0.39 is 59.1 Å². The van der Waals surface area contributed by atoms with Crippen LogP contribution in [0.15, 0.2) is 16.6 Å². The minimum atomic E-state index is -4.72. The standard InChI is InChI=1S/C15H15F3N8O6S3/c1-6-2-9(23-34-6)24-35(30,31)25-14(29)26-3-7(12(26)28)20-11(27)10(8-4-33-13(19)21-8)22-32-5-15(16,17)18/h2,4,7H,3,5H2,1H3,(H2,19,21)(H,20,27)(H,23,24)(H,25,29)/b22-10-/t7-/m0/s1. The van der Waals surface area contributed by atoms with Crippen LogP contribution in [-0.2, 0) is 24.6 Å². The van der Waals surface area contributed by atoms with Crippen molar-refractivity contribution in [2.24, 2.45) is 5.16 Å². The maximum Gasteiger partial charge on any atom is 0.425 e. The van der Waals surface area contributed by atoms with Gasteiger partial charge in [-0.05, 0) is 24.5 Å². The number of aromatic nitrogens is 2. The van der Waals surface area contributed by atoms with Gasteiger partial charge >= 0.3 is 22.4 Å². The van der Waals surface area contributed by atoms with Crippen molar-refractivity contribution < 1.29 is 40.8 Å². The Bertz CT molecular complexity index is 1270. The highest BCUT2D eigenvalue weighted by Gasteiger charge is 2.43. The molecule has 20 heteroatoms. The van der Waals surface area contributed by atoms with Gasteiger partial charge in [0.2, 0.25) is 6.61 Å². The molecule has 2 aromatic heterocycles. The molecule has 0 aliphatic carbocycles. The first-order chi connectivity index (χ1) is 16.2. The molecule has 1 aliphatic heterocycles. The van der Waals surface area contributed by atoms with E-state index in [4.69, 9.17) is 5.73 Å². The molecule has 190 valence electrons. The predicted octanol–water partition coefficient (Wildman–Crippen LogP) is 0.167. The molecule has 2 aromatic rings. The lowest BCUT2D eigenvalue weighted by atomic mass is 10.1. The number of rotatable bonds is 8. The van der Waals surface area contributed by atoms with Gasteiger partial charge in [-0.15, -0.1) is 11.3 Å². The van der Waals surface area contributed by atoms with Gasteiger partial charge in [-0.1, -0.05) is 5.16 Å². The number of β-lactam (4-membered cyclic amide) rings is 1. The fourth-order valence-corrected chi connectivity index (χ4v) is 4.34. The fourth-order valence-electron chi connectivity index (χ4n) is 2.46. The molecule has 1 aliphatic rings. The molecular formula is C15H15F3N8O6S3. The Hall–Kier alpha value is -3.52. The normalized spacial score (nSPS) is 16.5. The van der Waals surface area contributed by atoms with Crippen molar-refractivity contribution in [2.45, 2.75) is 19.1 Å². The van der Waals surface area contributed by atoms with Crippen molar-refractivity contribution >= 4 is 67.6 Å². The highest BCUT2D eigenvalue weighted by Crippen LogP contribution is 2.18. The second-order valence-corrected chi connectivity index (χ2v) is 10.0. The Morgan fingerprint density at radius 1 is 1.40 bits per heavy atom. The van der Waals surface area contributed by atoms with Crippen LogP contribution in [0.25, 0.3) is 0 Å². The van der Waals surface area contributed by atoms with Crippen molar-refractivity contribution in [2.75, 3.05) is 23.6 Å². The Morgan fingerprint density at radius 3 is 2.66 bits per heavy atom. The molecular weight excluding hydrogens is 541 g/mol. The highest BCUT2D eigenvalue weighted by atomic mass is 32.2. The largest absolute Gasteiger partial charge is 0.425 e. The Labute approximate surface area is 202 Å². The first kappa shape index (κ1) is 26.1. The van der Waals surface area contributed by atoms with E-state index in [-0.39, 0.29) is 16.6 Å². The van der Waals surface area contributed by atoms with Gasteiger partial charge in [-0.2, -0.15) is 26.0 Å². The van der Waals surface area contributed by atoms with Gasteiger partial charge in [0.25, 0.3) is 11.8 Å². The first-order valence-electron chi connectivity index (χ1n) is 9.12. The molecule has 5 N–H and O–H groups in total. The summed E-state index contributed by atoms with van der Waals surface area (Å²) in [6, 6.07) is -1.18. The summed E-state index contributed by atoms with van der Waals surface area (Å²) in [5.41, 5.74) is 4.57. The maximum atomic E-state index is 12.5. The summed E-state index contributed by atoms with van der Waals surface area (Å²) in [6.45, 7) is -0.538. The number of nitrogens with two attached hydrogens (primary N) is 1. The number of halogens is 3. The summed E-state index contributed by atoms with van der Waals surface area (Å²) in [6.07, 6.45) is -4.72. The summed E-state index contributed by atoms with van der Waals surface area (Å²) in [5, 5.41) is 6.53. The summed E-state index contributed by atoms with van der Waals surface area (Å²) in [7, 11) is -4.41. The third-order valence-corrected chi connectivity index (χ3v) is 6.22. The molecule has 0 saturated carbocycles. The van der Waals surface area contributed by atoms with Crippen molar-refractivity contribution in [1.29, 1.82) is 0 Å². The molecule has 0 bridgehead atoms. The molecule has 35 heavy (non-hydrogen) atoms. The average Bonchev–Trinajstić information content (AvgIpc) is 3.33. The number of carbonyl (C=O) groups excluding carboxylic acids is 3. The predicted molar refractivity (Wildman–Crippen MR) is 117 cm³/mol. The van der Waals surface area contributed by atoms with Crippen LogP contribution in [0, 0.1) is 6.92 Å². The number of amides is 4. The van der Waals surface area contributed by atoms with Gasteiger partial charge in [-0.3, -0.25) is 14.5 Å². The molecule has 0 unspecified atom stereocenters. The molecule has 3 rings (SSSR count). The van der Waals surface area contributed by atoms with Crippen LogP contribution in [-0.4, -0.2) is 71.6 Å². The SMILES string of the molecule is Cc1cc(NS(=O)(=O)NC(=O)N2C[C@H](NC(=O)/C(=N\OCC(F)(F)F)c3csc(N)n3)C2=O)ns1. The van der Waals surface area contributed by atoms with Gasteiger partial charge in [0.1, 0.15) is 11.7 Å². The molecule has 4 amide bonds. The number of thiazole rings is 1. The van der Waals surface area contributed by atoms with E-state index in [1.807, 2.05) is 4.72 Å². The number of imide groups is 1. The third-order valence-electron chi connectivity index (χ3n) is 3.93. The van der Waals surface area contributed by atoms with Crippen LogP contribution in [0.4, 0.5) is 28.9 Å². The molecule has 0 radical (unpaired) electrons. The van der Waals surface area contributed by atoms with E-state index >= 15 is 0 Å². The van der Waals surface area contributed by atoms with Gasteiger partial charge in [0.15, 0.2) is 16.7 Å². The van der Waals surface area contributed by atoms with E-state index in [1.165, 1.54) is 11.4 Å². The Kier molecular flexibility index (Phi) is 7.45. The molecule has 0 aromatic carbocycles. The van der Waals surface area contributed by atoms with E-state index in [0.29, 0.717) is 9.78 Å². The van der Waals surface area contributed by atoms with Crippen molar-refractivity contribution in [3.63, 3.8) is 0 Å². The lowest BCUT2D eigenvalue weighted by Gasteiger charge is -2.36. The van der Waals surface area contributed by atoms with Crippen molar-refractivity contribution in [3.8, 4) is 0 Å². The summed E-state index contributed by atoms with van der Waals surface area (Å²) in [4.78, 5) is 46.0. The number of urea groups is 1. The van der Waals surface area contributed by atoms with E-state index in [0.717, 1.165) is 22.9 Å². The summed E-state index contributed by atoms with van der Waals surface area (Å²) >= 11 is 1.89. The zero-order chi connectivity index (χ0) is 26.0. The lowest BCUT2D eigenvalue weighted by molar-refractivity contribution is -0.174. The number of hydrogen-bond acceptors (Lipinski definition) is 12. The average molecular weight is 557 g/mol. The summed E-state index contributed by atoms with van der Waals surface area (Å²) < 4.78 is 68.5. The molecule has 1 atom stereocenters. The maximum absolute atomic E-state index is 12.5. The first-order valence-corrected chi connectivity index (χ1v) is 12.3. The van der Waals surface area contributed by atoms with Crippen LogP contribution < -0.4 is 20.5 Å². The smallest absolute Gasteiger partial charge is 0.385 e. The van der Waals surface area contributed by atoms with E-state index in [1.54, 1.807) is 11.6 Å². The summed E-state index contributed by atoms with van der Waals surface area (Å²) in [5.74, 6) is -2.15. The van der Waals surface area contributed by atoms with Crippen molar-refractivity contribution in [3.05, 3.63) is 22.0 Å². The molecule has 1 saturated heterocycles. The quantitative estimate of drug-likeness (QED) is 0.199. The van der Waals surface area contributed by atoms with Crippen LogP contribution in [0.1, 0.15) is 10.6 Å². The number of oxime groups is 1. The van der Waals surface area contributed by atoms with E-state index in [2.05, 4.69) is 24.7 Å². The minimum absolute atomic E-state index is 0.0125. The van der Waals surface area contributed by atoms with Gasteiger partial charge < -0.3 is 15.9 Å². The zero-order valence-corrected chi connectivity index (χ0v) is 19.8. The molecule has 14 nitrogen and oxygen atoms in total. The van der Waals surface area contributed by atoms with Gasteiger partial charge in [-0.25, -0.2) is 19.2 Å². The second-order valence-electron chi connectivity index (χ2n) is 6.71. The zero-order valence-electron chi connectivity index (χ0n) is 17.3. The third kappa shape index (κ3) is 6.99. The van der Waals surface area contributed by atoms with Crippen LogP contribution in [0.2, 0.25) is 0 Å². The van der Waals surface area contributed by atoms with E-state index in [9.17, 15) is 36.0 Å². The number of aryl methyl sites for hydroxylation is 1. The number of carbonyl (C=O) groups is 3. The number of alkyl halides is 3. The van der Waals surface area contributed by atoms with Gasteiger partial charge in [0.05, 0.1) is 6.54 Å². The minimum Gasteiger partial charge on any atom is -0.385 e. The topological polar surface area (TPSA) is 198 Å². The van der Waals surface area contributed by atoms with Crippen molar-refractivity contribution in [1.82, 2.24) is 24.3 Å². The number of anilines is 2. The van der Waals surface area contributed by atoms with Crippen LogP contribution >= 0.6 is 22.9 Å². The number of likely N-dealkylation sites (tertiary alicyclic amines) is 1. The highest BCUT2D eigenvalue weighted by molar-refractivity contribution is 7.91. The number of nitrogens with one attached hydrogen (secondary N) is 3. The van der Waals surface area contributed by atoms with Gasteiger partial charge in [0, 0.05) is 10.3 Å². The van der Waals surface area contributed by atoms with Crippen LogP contribution in [0.3, 0.4) is 0 Å². The second kappa shape index (κ2) is 10.00. The number of hydrogen-bond donors (Lipinski definition) is 4. The monoisotopic (exact) mass is 556 g/mol. The molecule has 3 heterocycles. The Balaban J connectivity index is 1.60. The lowest BCUT2D eigenvalue weighted by Crippen LogP contribution is -2.68. The fraction of sp³-hybridized carbons (Fsp3) is 0.333. The molecule has 1 fully saturated rings. The number of nitrogens with zero attached hydrogens (tertiary/aromatic N) is 4. The van der Waals surface area contributed by atoms with Crippen LogP contribution in [0.5, 0.6) is 0 Å². The Morgan fingerprint density at radius 2 is 2.11 bits per heavy atom. The number of nitrogen functional groups attached to an aromatic ring is 1.